The highest BCUT2D eigenvalue weighted by Gasteiger charge is 2.15. The van der Waals surface area contributed by atoms with Crippen LogP contribution in [0.2, 0.25) is 5.02 Å². The molecule has 0 saturated carbocycles. The van der Waals surface area contributed by atoms with E-state index in [-0.39, 0.29) is 16.5 Å². The topological polar surface area (TPSA) is 37.0 Å². The van der Waals surface area contributed by atoms with Gasteiger partial charge in [-0.2, -0.15) is 0 Å². The third-order valence-electron chi connectivity index (χ3n) is 2.42. The van der Waals surface area contributed by atoms with Crippen LogP contribution in [0.1, 0.15) is 0 Å². The number of benzene rings is 1. The number of pyridine rings is 1. The second kappa shape index (κ2) is 5.54. The summed E-state index contributed by atoms with van der Waals surface area (Å²) in [5.74, 6) is -4.51. The van der Waals surface area contributed by atoms with Crippen LogP contribution in [0.3, 0.4) is 0 Å². The van der Waals surface area contributed by atoms with Gasteiger partial charge in [-0.15, -0.1) is 0 Å². The van der Waals surface area contributed by atoms with E-state index in [9.17, 15) is 17.6 Å². The minimum atomic E-state index is -1.04. The number of rotatable bonds is 3. The molecule has 1 aromatic carbocycles. The summed E-state index contributed by atoms with van der Waals surface area (Å²) in [6, 6.07) is 2.01. The molecule has 0 aliphatic heterocycles. The summed E-state index contributed by atoms with van der Waals surface area (Å²) < 4.78 is 53.3. The Labute approximate surface area is 116 Å². The van der Waals surface area contributed by atoms with Gasteiger partial charge >= 0.3 is 0 Å². The molecule has 2 aromatic rings. The smallest absolute Gasteiger partial charge is 0.169 e. The van der Waals surface area contributed by atoms with E-state index < -0.39 is 29.1 Å². The molecule has 0 aliphatic rings. The maximum absolute atomic E-state index is 13.6. The molecule has 1 heterocycles. The highest BCUT2D eigenvalue weighted by Crippen LogP contribution is 2.30. The molecule has 8 heteroatoms. The van der Waals surface area contributed by atoms with Gasteiger partial charge in [0.2, 0.25) is 0 Å². The predicted octanol–water partition coefficient (Wildman–Crippen LogP) is 4.08. The van der Waals surface area contributed by atoms with Crippen LogP contribution in [0, 0.1) is 23.3 Å². The zero-order valence-electron chi connectivity index (χ0n) is 10.1. The maximum atomic E-state index is 13.6. The lowest BCUT2D eigenvalue weighted by Gasteiger charge is -2.11. The SMILES string of the molecule is CNc1nc(Nc2c(F)cc(F)cc2Cl)c(F)cc1F. The first-order valence-corrected chi connectivity index (χ1v) is 5.75. The summed E-state index contributed by atoms with van der Waals surface area (Å²) in [4.78, 5) is 3.60. The molecule has 0 bridgehead atoms. The Bertz CT molecular complexity index is 640. The zero-order valence-corrected chi connectivity index (χ0v) is 10.8. The van der Waals surface area contributed by atoms with E-state index in [1.807, 2.05) is 0 Å². The second-order valence-electron chi connectivity index (χ2n) is 3.77. The van der Waals surface area contributed by atoms with Gasteiger partial charge < -0.3 is 10.6 Å². The van der Waals surface area contributed by atoms with Crippen molar-refractivity contribution in [1.29, 1.82) is 0 Å². The van der Waals surface area contributed by atoms with Crippen LogP contribution in [0.4, 0.5) is 34.9 Å². The van der Waals surface area contributed by atoms with Crippen LogP contribution in [0.5, 0.6) is 0 Å². The van der Waals surface area contributed by atoms with E-state index >= 15 is 0 Å². The van der Waals surface area contributed by atoms with Gasteiger partial charge in [-0.25, -0.2) is 22.5 Å². The van der Waals surface area contributed by atoms with E-state index in [2.05, 4.69) is 15.6 Å². The fourth-order valence-electron chi connectivity index (χ4n) is 1.51. The molecule has 0 atom stereocenters. The summed E-state index contributed by atoms with van der Waals surface area (Å²) in [7, 11) is 1.39. The Balaban J connectivity index is 2.45. The molecular weight excluding hydrogens is 298 g/mol. The summed E-state index contributed by atoms with van der Waals surface area (Å²) in [6.45, 7) is 0. The molecule has 0 amide bonds. The van der Waals surface area contributed by atoms with Gasteiger partial charge in [0.25, 0.3) is 0 Å². The summed E-state index contributed by atoms with van der Waals surface area (Å²) in [5, 5.41) is 4.39. The first-order chi connectivity index (χ1) is 9.42. The van der Waals surface area contributed by atoms with E-state index in [4.69, 9.17) is 11.6 Å². The molecule has 0 fully saturated rings. The second-order valence-corrected chi connectivity index (χ2v) is 4.18. The van der Waals surface area contributed by atoms with Crippen molar-refractivity contribution in [3.05, 3.63) is 46.5 Å². The molecule has 2 rings (SSSR count). The highest BCUT2D eigenvalue weighted by atomic mass is 35.5. The van der Waals surface area contributed by atoms with Crippen LogP contribution < -0.4 is 10.6 Å². The van der Waals surface area contributed by atoms with Crippen LogP contribution in [0.15, 0.2) is 18.2 Å². The Kier molecular flexibility index (Phi) is 3.99. The summed E-state index contributed by atoms with van der Waals surface area (Å²) in [5.41, 5.74) is -0.354. The quantitative estimate of drug-likeness (QED) is 0.839. The largest absolute Gasteiger partial charge is 0.371 e. The van der Waals surface area contributed by atoms with Crippen molar-refractivity contribution < 1.29 is 17.6 Å². The lowest BCUT2D eigenvalue weighted by molar-refractivity contribution is 0.578. The van der Waals surface area contributed by atoms with Gasteiger partial charge in [0.05, 0.1) is 10.7 Å². The molecule has 0 saturated heterocycles. The van der Waals surface area contributed by atoms with E-state index in [0.717, 1.165) is 6.07 Å². The summed E-state index contributed by atoms with van der Waals surface area (Å²) in [6.07, 6.45) is 0. The van der Waals surface area contributed by atoms with Gasteiger partial charge in [0, 0.05) is 19.2 Å². The van der Waals surface area contributed by atoms with E-state index in [0.29, 0.717) is 12.1 Å². The van der Waals surface area contributed by atoms with Crippen LogP contribution >= 0.6 is 11.6 Å². The van der Waals surface area contributed by atoms with E-state index in [1.165, 1.54) is 7.05 Å². The molecule has 0 spiro atoms. The van der Waals surface area contributed by atoms with Gasteiger partial charge in [-0.05, 0) is 6.07 Å². The maximum Gasteiger partial charge on any atom is 0.169 e. The molecule has 20 heavy (non-hydrogen) atoms. The highest BCUT2D eigenvalue weighted by molar-refractivity contribution is 6.33. The number of halogens is 5. The Morgan fingerprint density at radius 2 is 1.60 bits per heavy atom. The molecule has 3 nitrogen and oxygen atoms in total. The van der Waals surface area contributed by atoms with Crippen LogP contribution in [-0.2, 0) is 0 Å². The average Bonchev–Trinajstić information content (AvgIpc) is 2.35. The number of aromatic nitrogens is 1. The molecule has 0 radical (unpaired) electrons. The molecule has 1 aromatic heterocycles. The number of nitrogens with one attached hydrogen (secondary N) is 2. The van der Waals surface area contributed by atoms with Crippen molar-refractivity contribution in [2.75, 3.05) is 17.7 Å². The van der Waals surface area contributed by atoms with Gasteiger partial charge in [-0.3, -0.25) is 0 Å². The first kappa shape index (κ1) is 14.4. The fraction of sp³-hybridized carbons (Fsp3) is 0.0833. The van der Waals surface area contributed by atoms with Gasteiger partial charge in [0.15, 0.2) is 29.1 Å². The standard InChI is InChI=1S/C12H8ClF4N3/c1-18-11-8(16)4-9(17)12(20-11)19-10-6(13)2-5(14)3-7(10)15/h2-4H,1H3,(H2,18,19,20). The first-order valence-electron chi connectivity index (χ1n) is 5.37. The van der Waals surface area contributed by atoms with Crippen LogP contribution in [0.25, 0.3) is 0 Å². The number of hydrogen-bond donors (Lipinski definition) is 2. The number of hydrogen-bond acceptors (Lipinski definition) is 3. The van der Waals surface area contributed by atoms with Crippen molar-refractivity contribution in [2.24, 2.45) is 0 Å². The van der Waals surface area contributed by atoms with Crippen LogP contribution in [-0.4, -0.2) is 12.0 Å². The van der Waals surface area contributed by atoms with Gasteiger partial charge in [-0.1, -0.05) is 11.6 Å². The Hall–Kier alpha value is -2.02. The zero-order chi connectivity index (χ0) is 14.9. The Morgan fingerprint density at radius 1 is 0.950 bits per heavy atom. The number of nitrogens with zero attached hydrogens (tertiary/aromatic N) is 1. The fourth-order valence-corrected chi connectivity index (χ4v) is 1.75. The summed E-state index contributed by atoms with van der Waals surface area (Å²) >= 11 is 5.66. The monoisotopic (exact) mass is 305 g/mol. The molecule has 0 aliphatic carbocycles. The average molecular weight is 306 g/mol. The Morgan fingerprint density at radius 3 is 2.20 bits per heavy atom. The number of anilines is 3. The van der Waals surface area contributed by atoms with Crippen molar-refractivity contribution in [3.8, 4) is 0 Å². The third-order valence-corrected chi connectivity index (χ3v) is 2.71. The van der Waals surface area contributed by atoms with Crippen molar-refractivity contribution in [3.63, 3.8) is 0 Å². The van der Waals surface area contributed by atoms with Crippen molar-refractivity contribution in [1.82, 2.24) is 4.98 Å². The molecule has 2 N–H and O–H groups in total. The molecule has 0 unspecified atom stereocenters. The lowest BCUT2D eigenvalue weighted by atomic mass is 10.3. The normalized spacial score (nSPS) is 10.5. The minimum absolute atomic E-state index is 0.229. The predicted molar refractivity (Wildman–Crippen MR) is 68.4 cm³/mol. The molecule has 106 valence electrons. The van der Waals surface area contributed by atoms with E-state index in [1.54, 1.807) is 0 Å². The minimum Gasteiger partial charge on any atom is -0.371 e. The lowest BCUT2D eigenvalue weighted by Crippen LogP contribution is -2.05. The van der Waals surface area contributed by atoms with Crippen molar-refractivity contribution >= 4 is 28.9 Å². The van der Waals surface area contributed by atoms with Gasteiger partial charge in [0.1, 0.15) is 5.82 Å². The molecular formula is C12H8ClF4N3. The third kappa shape index (κ3) is 2.77. The van der Waals surface area contributed by atoms with Crippen molar-refractivity contribution in [2.45, 2.75) is 0 Å².